The Morgan fingerprint density at radius 3 is 2.61 bits per heavy atom. The number of hydrogen-bond donors (Lipinski definition) is 1. The molecule has 100 valence electrons. The number of aromatic nitrogens is 1. The fourth-order valence-electron chi connectivity index (χ4n) is 2.38. The van der Waals surface area contributed by atoms with Crippen LogP contribution in [0.1, 0.15) is 45.4 Å². The summed E-state index contributed by atoms with van der Waals surface area (Å²) in [6.45, 7) is 11.7. The zero-order valence-electron chi connectivity index (χ0n) is 12.0. The van der Waals surface area contributed by atoms with Crippen LogP contribution in [0.15, 0.2) is 12.1 Å². The van der Waals surface area contributed by atoms with Crippen molar-refractivity contribution < 1.29 is 0 Å². The minimum atomic E-state index is 0.0747. The van der Waals surface area contributed by atoms with Gasteiger partial charge in [0.05, 0.1) is 0 Å². The Morgan fingerprint density at radius 1 is 1.39 bits per heavy atom. The Hall–Kier alpha value is -1.09. The standard InChI is InChI=1S/C15H25N3/c1-11-5-6-18(10-11)14-8-12(9-16)7-13(17-14)15(2,3)4/h7-8,11H,5-6,9-10,16H2,1-4H3. The van der Waals surface area contributed by atoms with Crippen LogP contribution in [0.3, 0.4) is 0 Å². The predicted octanol–water partition coefficient (Wildman–Crippen LogP) is 2.68. The van der Waals surface area contributed by atoms with Crippen LogP contribution in [0.25, 0.3) is 0 Å². The minimum Gasteiger partial charge on any atom is -0.356 e. The molecule has 3 heteroatoms. The number of anilines is 1. The average molecular weight is 247 g/mol. The summed E-state index contributed by atoms with van der Waals surface area (Å²) in [7, 11) is 0. The molecule has 0 amide bonds. The molecule has 1 aromatic rings. The lowest BCUT2D eigenvalue weighted by Crippen LogP contribution is -2.23. The molecule has 0 aliphatic carbocycles. The van der Waals surface area contributed by atoms with Crippen LogP contribution in [-0.4, -0.2) is 18.1 Å². The summed E-state index contributed by atoms with van der Waals surface area (Å²) in [5.74, 6) is 1.87. The second-order valence-electron chi connectivity index (χ2n) is 6.51. The Morgan fingerprint density at radius 2 is 2.11 bits per heavy atom. The molecule has 0 aromatic carbocycles. The summed E-state index contributed by atoms with van der Waals surface area (Å²) in [6.07, 6.45) is 1.26. The van der Waals surface area contributed by atoms with Gasteiger partial charge in [-0.2, -0.15) is 0 Å². The van der Waals surface area contributed by atoms with Gasteiger partial charge < -0.3 is 10.6 Å². The van der Waals surface area contributed by atoms with E-state index in [0.717, 1.165) is 30.5 Å². The fraction of sp³-hybridized carbons (Fsp3) is 0.667. The van der Waals surface area contributed by atoms with E-state index in [1.54, 1.807) is 0 Å². The number of pyridine rings is 1. The van der Waals surface area contributed by atoms with E-state index in [0.29, 0.717) is 6.54 Å². The van der Waals surface area contributed by atoms with Crippen LogP contribution < -0.4 is 10.6 Å². The predicted molar refractivity (Wildman–Crippen MR) is 76.8 cm³/mol. The Kier molecular flexibility index (Phi) is 3.62. The highest BCUT2D eigenvalue weighted by atomic mass is 15.2. The number of hydrogen-bond acceptors (Lipinski definition) is 3. The van der Waals surface area contributed by atoms with E-state index in [4.69, 9.17) is 10.7 Å². The Bertz CT molecular complexity index is 420. The molecule has 0 saturated carbocycles. The molecule has 0 bridgehead atoms. The van der Waals surface area contributed by atoms with Crippen molar-refractivity contribution in [3.05, 3.63) is 23.4 Å². The minimum absolute atomic E-state index is 0.0747. The first-order chi connectivity index (χ1) is 8.40. The molecule has 18 heavy (non-hydrogen) atoms. The normalized spacial score (nSPS) is 20.5. The molecule has 1 fully saturated rings. The van der Waals surface area contributed by atoms with Gasteiger partial charge in [-0.3, -0.25) is 0 Å². The van der Waals surface area contributed by atoms with Gasteiger partial charge in [0.15, 0.2) is 0 Å². The monoisotopic (exact) mass is 247 g/mol. The van der Waals surface area contributed by atoms with Crippen molar-refractivity contribution >= 4 is 5.82 Å². The molecular weight excluding hydrogens is 222 g/mol. The van der Waals surface area contributed by atoms with Crippen molar-refractivity contribution in [3.8, 4) is 0 Å². The highest BCUT2D eigenvalue weighted by Gasteiger charge is 2.23. The van der Waals surface area contributed by atoms with E-state index in [2.05, 4.69) is 44.7 Å². The number of nitrogens with two attached hydrogens (primary N) is 1. The van der Waals surface area contributed by atoms with Crippen LogP contribution in [0.4, 0.5) is 5.82 Å². The van der Waals surface area contributed by atoms with Gasteiger partial charge in [0.1, 0.15) is 5.82 Å². The lowest BCUT2D eigenvalue weighted by atomic mass is 9.90. The summed E-state index contributed by atoms with van der Waals surface area (Å²) in [6, 6.07) is 4.29. The lowest BCUT2D eigenvalue weighted by molar-refractivity contribution is 0.567. The van der Waals surface area contributed by atoms with Crippen LogP contribution in [0.5, 0.6) is 0 Å². The molecule has 1 aliphatic heterocycles. The van der Waals surface area contributed by atoms with Crippen molar-refractivity contribution in [1.82, 2.24) is 4.98 Å². The summed E-state index contributed by atoms with van der Waals surface area (Å²) in [5, 5.41) is 0. The summed E-state index contributed by atoms with van der Waals surface area (Å²) in [5.41, 5.74) is 8.21. The van der Waals surface area contributed by atoms with Gasteiger partial charge in [-0.25, -0.2) is 4.98 Å². The van der Waals surface area contributed by atoms with Gasteiger partial charge >= 0.3 is 0 Å². The molecule has 2 heterocycles. The van der Waals surface area contributed by atoms with Gasteiger partial charge in [0, 0.05) is 30.7 Å². The largest absolute Gasteiger partial charge is 0.356 e. The highest BCUT2D eigenvalue weighted by Crippen LogP contribution is 2.27. The van der Waals surface area contributed by atoms with E-state index in [1.165, 1.54) is 12.0 Å². The SMILES string of the molecule is CC1CCN(c2cc(CN)cc(C(C)(C)C)n2)C1. The molecule has 0 radical (unpaired) electrons. The summed E-state index contributed by atoms with van der Waals surface area (Å²) < 4.78 is 0. The van der Waals surface area contributed by atoms with Crippen LogP contribution in [-0.2, 0) is 12.0 Å². The Labute approximate surface area is 110 Å². The quantitative estimate of drug-likeness (QED) is 0.873. The van der Waals surface area contributed by atoms with Crippen LogP contribution >= 0.6 is 0 Å². The van der Waals surface area contributed by atoms with Crippen molar-refractivity contribution in [2.75, 3.05) is 18.0 Å². The molecule has 1 unspecified atom stereocenters. The van der Waals surface area contributed by atoms with Gasteiger partial charge in [-0.1, -0.05) is 27.7 Å². The molecule has 2 N–H and O–H groups in total. The first-order valence-corrected chi connectivity index (χ1v) is 6.86. The second-order valence-corrected chi connectivity index (χ2v) is 6.51. The van der Waals surface area contributed by atoms with Gasteiger partial charge in [-0.05, 0) is 30.0 Å². The third-order valence-corrected chi connectivity index (χ3v) is 3.62. The van der Waals surface area contributed by atoms with Crippen molar-refractivity contribution in [1.29, 1.82) is 0 Å². The fourth-order valence-corrected chi connectivity index (χ4v) is 2.38. The van der Waals surface area contributed by atoms with E-state index in [1.807, 2.05) is 0 Å². The maximum absolute atomic E-state index is 5.81. The maximum Gasteiger partial charge on any atom is 0.129 e. The lowest BCUT2D eigenvalue weighted by Gasteiger charge is -2.23. The first-order valence-electron chi connectivity index (χ1n) is 6.86. The highest BCUT2D eigenvalue weighted by molar-refractivity contribution is 5.44. The molecular formula is C15H25N3. The average Bonchev–Trinajstić information content (AvgIpc) is 2.74. The van der Waals surface area contributed by atoms with Crippen LogP contribution in [0.2, 0.25) is 0 Å². The first kappa shape index (κ1) is 13.3. The molecule has 2 rings (SSSR count). The Balaban J connectivity index is 2.35. The molecule has 1 aromatic heterocycles. The zero-order valence-corrected chi connectivity index (χ0v) is 12.0. The maximum atomic E-state index is 5.81. The third kappa shape index (κ3) is 2.83. The molecule has 1 atom stereocenters. The third-order valence-electron chi connectivity index (χ3n) is 3.62. The van der Waals surface area contributed by atoms with E-state index in [-0.39, 0.29) is 5.41 Å². The van der Waals surface area contributed by atoms with Crippen molar-refractivity contribution in [2.45, 2.75) is 46.1 Å². The zero-order chi connectivity index (χ0) is 13.3. The van der Waals surface area contributed by atoms with Gasteiger partial charge in [0.25, 0.3) is 0 Å². The number of rotatable bonds is 2. The van der Waals surface area contributed by atoms with E-state index >= 15 is 0 Å². The molecule has 3 nitrogen and oxygen atoms in total. The molecule has 0 spiro atoms. The van der Waals surface area contributed by atoms with Crippen molar-refractivity contribution in [2.24, 2.45) is 11.7 Å². The van der Waals surface area contributed by atoms with Gasteiger partial charge in [0.2, 0.25) is 0 Å². The second kappa shape index (κ2) is 4.88. The van der Waals surface area contributed by atoms with Crippen molar-refractivity contribution in [3.63, 3.8) is 0 Å². The number of nitrogens with zero attached hydrogens (tertiary/aromatic N) is 2. The topological polar surface area (TPSA) is 42.1 Å². The molecule has 1 saturated heterocycles. The summed E-state index contributed by atoms with van der Waals surface area (Å²) in [4.78, 5) is 7.23. The van der Waals surface area contributed by atoms with E-state index in [9.17, 15) is 0 Å². The molecule has 1 aliphatic rings. The van der Waals surface area contributed by atoms with E-state index < -0.39 is 0 Å². The van der Waals surface area contributed by atoms with Crippen LogP contribution in [0, 0.1) is 5.92 Å². The van der Waals surface area contributed by atoms with Gasteiger partial charge in [-0.15, -0.1) is 0 Å². The summed E-state index contributed by atoms with van der Waals surface area (Å²) >= 11 is 0. The smallest absolute Gasteiger partial charge is 0.129 e.